The summed E-state index contributed by atoms with van der Waals surface area (Å²) in [7, 11) is 1.78. The van der Waals surface area contributed by atoms with Crippen LogP contribution in [0.2, 0.25) is 0 Å². The SMILES string of the molecule is CC(CN(C)C(=O)CC1CCSCC1)C(N)=NO. The number of hydrogen-bond donors (Lipinski definition) is 2. The Bertz CT molecular complexity index is 304. The summed E-state index contributed by atoms with van der Waals surface area (Å²) < 4.78 is 0. The number of rotatable bonds is 5. The Hall–Kier alpha value is -0.910. The first-order valence-corrected chi connectivity index (χ1v) is 7.49. The number of oxime groups is 1. The average molecular weight is 273 g/mol. The molecule has 1 atom stereocenters. The number of nitrogens with zero attached hydrogens (tertiary/aromatic N) is 2. The number of amides is 1. The van der Waals surface area contributed by atoms with E-state index >= 15 is 0 Å². The molecule has 6 heteroatoms. The molecule has 0 radical (unpaired) electrons. The molecule has 1 aliphatic rings. The van der Waals surface area contributed by atoms with Gasteiger partial charge in [0.1, 0.15) is 5.84 Å². The van der Waals surface area contributed by atoms with Gasteiger partial charge in [0.2, 0.25) is 5.91 Å². The molecular formula is C12H23N3O2S. The highest BCUT2D eigenvalue weighted by molar-refractivity contribution is 7.99. The van der Waals surface area contributed by atoms with Crippen LogP contribution in [0.4, 0.5) is 0 Å². The molecule has 0 aromatic rings. The molecule has 0 spiro atoms. The van der Waals surface area contributed by atoms with Crippen molar-refractivity contribution in [3.8, 4) is 0 Å². The van der Waals surface area contributed by atoms with E-state index in [0.717, 1.165) is 12.8 Å². The zero-order chi connectivity index (χ0) is 13.5. The Morgan fingerprint density at radius 2 is 2.17 bits per heavy atom. The minimum atomic E-state index is -0.120. The number of thioether (sulfide) groups is 1. The van der Waals surface area contributed by atoms with Crippen molar-refractivity contribution in [2.45, 2.75) is 26.2 Å². The number of amidine groups is 1. The fourth-order valence-electron chi connectivity index (χ4n) is 2.06. The average Bonchev–Trinajstić information content (AvgIpc) is 2.38. The van der Waals surface area contributed by atoms with Crippen molar-refractivity contribution in [1.82, 2.24) is 4.90 Å². The lowest BCUT2D eigenvalue weighted by Crippen LogP contribution is -2.37. The van der Waals surface area contributed by atoms with Gasteiger partial charge >= 0.3 is 0 Å². The lowest BCUT2D eigenvalue weighted by atomic mass is 9.98. The highest BCUT2D eigenvalue weighted by Crippen LogP contribution is 2.25. The van der Waals surface area contributed by atoms with E-state index in [0.29, 0.717) is 18.9 Å². The van der Waals surface area contributed by atoms with Crippen molar-refractivity contribution in [1.29, 1.82) is 0 Å². The summed E-state index contributed by atoms with van der Waals surface area (Å²) in [6.45, 7) is 2.34. The second-order valence-electron chi connectivity index (χ2n) is 4.96. The van der Waals surface area contributed by atoms with Gasteiger partial charge in [-0.15, -0.1) is 0 Å². The Morgan fingerprint density at radius 1 is 1.56 bits per heavy atom. The molecule has 1 saturated heterocycles. The number of carbonyl (C=O) groups is 1. The van der Waals surface area contributed by atoms with Crippen molar-refractivity contribution in [2.75, 3.05) is 25.1 Å². The van der Waals surface area contributed by atoms with E-state index in [1.807, 2.05) is 18.7 Å². The summed E-state index contributed by atoms with van der Waals surface area (Å²) in [6, 6.07) is 0. The van der Waals surface area contributed by atoms with Gasteiger partial charge in [0.05, 0.1) is 0 Å². The van der Waals surface area contributed by atoms with E-state index in [4.69, 9.17) is 10.9 Å². The van der Waals surface area contributed by atoms with Crippen LogP contribution in [0.5, 0.6) is 0 Å². The van der Waals surface area contributed by atoms with Crippen LogP contribution in [0.3, 0.4) is 0 Å². The van der Waals surface area contributed by atoms with E-state index in [9.17, 15) is 4.79 Å². The maximum atomic E-state index is 12.0. The molecule has 0 aromatic heterocycles. The first-order valence-electron chi connectivity index (χ1n) is 6.33. The van der Waals surface area contributed by atoms with Gasteiger partial charge < -0.3 is 15.8 Å². The Balaban J connectivity index is 2.36. The van der Waals surface area contributed by atoms with Crippen LogP contribution in [0.1, 0.15) is 26.2 Å². The zero-order valence-electron chi connectivity index (χ0n) is 11.1. The van der Waals surface area contributed by atoms with Crippen molar-refractivity contribution in [3.05, 3.63) is 0 Å². The maximum absolute atomic E-state index is 12.0. The largest absolute Gasteiger partial charge is 0.409 e. The number of carbonyl (C=O) groups excluding carboxylic acids is 1. The van der Waals surface area contributed by atoms with Gasteiger partial charge in [-0.3, -0.25) is 4.79 Å². The standard InChI is InChI=1S/C12H23N3O2S/c1-9(12(13)14-17)8-15(2)11(16)7-10-3-5-18-6-4-10/h9-10,17H,3-8H2,1-2H3,(H2,13,14). The Labute approximate surface area is 113 Å². The van der Waals surface area contributed by atoms with Crippen LogP contribution in [-0.4, -0.2) is 46.9 Å². The summed E-state index contributed by atoms with van der Waals surface area (Å²) in [4.78, 5) is 13.7. The molecule has 1 aliphatic heterocycles. The van der Waals surface area contributed by atoms with Crippen molar-refractivity contribution < 1.29 is 10.0 Å². The molecule has 1 heterocycles. The fraction of sp³-hybridized carbons (Fsp3) is 0.833. The van der Waals surface area contributed by atoms with Crippen molar-refractivity contribution in [2.24, 2.45) is 22.7 Å². The van der Waals surface area contributed by atoms with Gasteiger partial charge in [0.15, 0.2) is 0 Å². The molecule has 5 nitrogen and oxygen atoms in total. The van der Waals surface area contributed by atoms with Gasteiger partial charge in [-0.05, 0) is 30.3 Å². The first-order chi connectivity index (χ1) is 8.54. The molecule has 1 amide bonds. The molecule has 0 saturated carbocycles. The molecule has 0 aromatic carbocycles. The third-order valence-electron chi connectivity index (χ3n) is 3.40. The first kappa shape index (κ1) is 15.1. The van der Waals surface area contributed by atoms with Crippen LogP contribution in [-0.2, 0) is 4.79 Å². The highest BCUT2D eigenvalue weighted by Gasteiger charge is 2.21. The summed E-state index contributed by atoms with van der Waals surface area (Å²) in [5.74, 6) is 3.07. The summed E-state index contributed by atoms with van der Waals surface area (Å²) in [5.41, 5.74) is 5.51. The van der Waals surface area contributed by atoms with Crippen LogP contribution < -0.4 is 5.73 Å². The summed E-state index contributed by atoms with van der Waals surface area (Å²) >= 11 is 1.97. The van der Waals surface area contributed by atoms with Gasteiger partial charge in [-0.25, -0.2) is 0 Å². The van der Waals surface area contributed by atoms with E-state index in [2.05, 4.69) is 5.16 Å². The van der Waals surface area contributed by atoms with E-state index in [1.165, 1.54) is 11.5 Å². The van der Waals surface area contributed by atoms with Gasteiger partial charge in [-0.2, -0.15) is 11.8 Å². The molecule has 0 bridgehead atoms. The topological polar surface area (TPSA) is 78.9 Å². The Kier molecular flexibility index (Phi) is 6.32. The van der Waals surface area contributed by atoms with Crippen LogP contribution >= 0.6 is 11.8 Å². The highest BCUT2D eigenvalue weighted by atomic mass is 32.2. The third kappa shape index (κ3) is 4.76. The molecule has 0 aliphatic carbocycles. The second-order valence-corrected chi connectivity index (χ2v) is 6.18. The lowest BCUT2D eigenvalue weighted by Gasteiger charge is -2.25. The summed E-state index contributed by atoms with van der Waals surface area (Å²) in [6.07, 6.45) is 2.90. The van der Waals surface area contributed by atoms with Crippen LogP contribution in [0.15, 0.2) is 5.16 Å². The molecule has 1 unspecified atom stereocenters. The minimum absolute atomic E-state index is 0.120. The van der Waals surface area contributed by atoms with Crippen LogP contribution in [0.25, 0.3) is 0 Å². The summed E-state index contributed by atoms with van der Waals surface area (Å²) in [5, 5.41) is 11.5. The van der Waals surface area contributed by atoms with E-state index in [-0.39, 0.29) is 17.7 Å². The molecule has 1 fully saturated rings. The second kappa shape index (κ2) is 7.51. The molecule has 18 heavy (non-hydrogen) atoms. The zero-order valence-corrected chi connectivity index (χ0v) is 11.9. The monoisotopic (exact) mass is 273 g/mol. The molecule has 104 valence electrons. The molecular weight excluding hydrogens is 250 g/mol. The predicted octanol–water partition coefficient (Wildman–Crippen LogP) is 1.36. The third-order valence-corrected chi connectivity index (χ3v) is 4.45. The number of nitrogens with two attached hydrogens (primary N) is 1. The normalized spacial score (nSPS) is 19.6. The van der Waals surface area contributed by atoms with Gasteiger partial charge in [-0.1, -0.05) is 12.1 Å². The minimum Gasteiger partial charge on any atom is -0.409 e. The van der Waals surface area contributed by atoms with Crippen LogP contribution in [0, 0.1) is 11.8 Å². The lowest BCUT2D eigenvalue weighted by molar-refractivity contribution is -0.131. The van der Waals surface area contributed by atoms with Crippen molar-refractivity contribution in [3.63, 3.8) is 0 Å². The smallest absolute Gasteiger partial charge is 0.222 e. The van der Waals surface area contributed by atoms with Crippen molar-refractivity contribution >= 4 is 23.5 Å². The van der Waals surface area contributed by atoms with E-state index < -0.39 is 0 Å². The predicted molar refractivity (Wildman–Crippen MR) is 74.9 cm³/mol. The van der Waals surface area contributed by atoms with Gasteiger partial charge in [0, 0.05) is 25.9 Å². The fourth-order valence-corrected chi connectivity index (χ4v) is 3.26. The van der Waals surface area contributed by atoms with Gasteiger partial charge in [0.25, 0.3) is 0 Å². The Morgan fingerprint density at radius 3 is 2.72 bits per heavy atom. The van der Waals surface area contributed by atoms with E-state index in [1.54, 1.807) is 11.9 Å². The molecule has 1 rings (SSSR count). The quantitative estimate of drug-likeness (QED) is 0.343. The maximum Gasteiger partial charge on any atom is 0.222 e. The molecule has 3 N–H and O–H groups in total. The number of hydrogen-bond acceptors (Lipinski definition) is 4.